The van der Waals surface area contributed by atoms with Gasteiger partial charge in [0.15, 0.2) is 11.5 Å². The molecule has 0 aliphatic rings. The molecular weight excluding hydrogens is 204 g/mol. The van der Waals surface area contributed by atoms with Crippen LogP contribution in [0.25, 0.3) is 0 Å². The Bertz CT molecular complexity index is 353. The molecule has 1 rings (SSSR count). The summed E-state index contributed by atoms with van der Waals surface area (Å²) >= 11 is 0. The fourth-order valence-corrected chi connectivity index (χ4v) is 1.52. The number of hydrogen-bond donors (Lipinski definition) is 1. The van der Waals surface area contributed by atoms with E-state index in [0.717, 1.165) is 5.56 Å². The molecule has 0 heterocycles. The minimum Gasteiger partial charge on any atom is -0.493 e. The molecule has 0 bridgehead atoms. The average molecular weight is 224 g/mol. The van der Waals surface area contributed by atoms with Gasteiger partial charge in [0.25, 0.3) is 0 Å². The molecule has 1 unspecified atom stereocenters. The van der Waals surface area contributed by atoms with Gasteiger partial charge in [-0.05, 0) is 23.1 Å². The topological polar surface area (TPSA) is 38.7 Å². The molecule has 0 amide bonds. The van der Waals surface area contributed by atoms with Gasteiger partial charge in [0.05, 0.1) is 20.3 Å². The van der Waals surface area contributed by atoms with Crippen molar-refractivity contribution in [1.29, 1.82) is 0 Å². The summed E-state index contributed by atoms with van der Waals surface area (Å²) in [6, 6.07) is 5.48. The molecule has 3 heteroatoms. The van der Waals surface area contributed by atoms with E-state index in [1.54, 1.807) is 14.2 Å². The van der Waals surface area contributed by atoms with Crippen LogP contribution in [0.4, 0.5) is 0 Å². The Morgan fingerprint density at radius 1 is 1.06 bits per heavy atom. The Morgan fingerprint density at radius 3 is 2.06 bits per heavy atom. The van der Waals surface area contributed by atoms with Crippen molar-refractivity contribution < 1.29 is 14.6 Å². The van der Waals surface area contributed by atoms with Gasteiger partial charge in [-0.1, -0.05) is 26.8 Å². The maximum atomic E-state index is 10.1. The molecule has 1 atom stereocenters. The summed E-state index contributed by atoms with van der Waals surface area (Å²) in [6.07, 6.45) is -0.521. The second-order valence-electron chi connectivity index (χ2n) is 4.88. The Morgan fingerprint density at radius 2 is 1.62 bits per heavy atom. The zero-order chi connectivity index (χ0) is 12.3. The first-order valence-corrected chi connectivity index (χ1v) is 5.30. The molecule has 0 fully saturated rings. The lowest BCUT2D eigenvalue weighted by Crippen LogP contribution is -2.17. The summed E-state index contributed by atoms with van der Waals surface area (Å²) in [6.45, 7) is 5.98. The molecule has 0 aromatic heterocycles. The quantitative estimate of drug-likeness (QED) is 0.858. The van der Waals surface area contributed by atoms with Crippen LogP contribution in [0.15, 0.2) is 18.2 Å². The largest absolute Gasteiger partial charge is 0.493 e. The Labute approximate surface area is 97.0 Å². The standard InChI is InChI=1S/C13H20O3/c1-13(2,3)12(14)9-6-7-10(15-4)11(8-9)16-5/h6-8,12,14H,1-5H3. The van der Waals surface area contributed by atoms with Crippen LogP contribution in [-0.4, -0.2) is 19.3 Å². The molecular formula is C13H20O3. The highest BCUT2D eigenvalue weighted by atomic mass is 16.5. The number of methoxy groups -OCH3 is 2. The first-order valence-electron chi connectivity index (χ1n) is 5.30. The van der Waals surface area contributed by atoms with E-state index in [2.05, 4.69) is 0 Å². The first-order chi connectivity index (χ1) is 7.40. The minimum atomic E-state index is -0.521. The molecule has 1 N–H and O–H groups in total. The minimum absolute atomic E-state index is 0.195. The van der Waals surface area contributed by atoms with E-state index >= 15 is 0 Å². The summed E-state index contributed by atoms with van der Waals surface area (Å²) < 4.78 is 10.4. The Hall–Kier alpha value is -1.22. The fourth-order valence-electron chi connectivity index (χ4n) is 1.52. The van der Waals surface area contributed by atoms with Crippen LogP contribution in [0.5, 0.6) is 11.5 Å². The van der Waals surface area contributed by atoms with Gasteiger partial charge in [-0.3, -0.25) is 0 Å². The van der Waals surface area contributed by atoms with Crippen molar-refractivity contribution in [3.05, 3.63) is 23.8 Å². The third-order valence-corrected chi connectivity index (χ3v) is 2.54. The summed E-state index contributed by atoms with van der Waals surface area (Å²) in [5.41, 5.74) is 0.643. The van der Waals surface area contributed by atoms with Crippen LogP contribution in [0, 0.1) is 5.41 Å². The molecule has 16 heavy (non-hydrogen) atoms. The predicted octanol–water partition coefficient (Wildman–Crippen LogP) is 2.78. The van der Waals surface area contributed by atoms with Gasteiger partial charge in [0.1, 0.15) is 0 Å². The van der Waals surface area contributed by atoms with Crippen LogP contribution in [0.1, 0.15) is 32.4 Å². The van der Waals surface area contributed by atoms with Gasteiger partial charge in [-0.2, -0.15) is 0 Å². The molecule has 0 spiro atoms. The van der Waals surface area contributed by atoms with E-state index in [9.17, 15) is 5.11 Å². The van der Waals surface area contributed by atoms with Crippen molar-refractivity contribution in [1.82, 2.24) is 0 Å². The average Bonchev–Trinajstić information content (AvgIpc) is 2.25. The van der Waals surface area contributed by atoms with Crippen LogP contribution < -0.4 is 9.47 Å². The van der Waals surface area contributed by atoms with E-state index in [4.69, 9.17) is 9.47 Å². The van der Waals surface area contributed by atoms with Gasteiger partial charge in [-0.15, -0.1) is 0 Å². The lowest BCUT2D eigenvalue weighted by Gasteiger charge is -2.26. The van der Waals surface area contributed by atoms with Gasteiger partial charge < -0.3 is 14.6 Å². The molecule has 0 aliphatic heterocycles. The SMILES string of the molecule is COc1ccc(C(O)C(C)(C)C)cc1OC. The summed E-state index contributed by atoms with van der Waals surface area (Å²) in [5, 5.41) is 10.1. The van der Waals surface area contributed by atoms with Gasteiger partial charge in [-0.25, -0.2) is 0 Å². The Kier molecular flexibility index (Phi) is 3.81. The molecule has 3 nitrogen and oxygen atoms in total. The summed E-state index contributed by atoms with van der Waals surface area (Å²) in [5.74, 6) is 1.32. The highest BCUT2D eigenvalue weighted by Crippen LogP contribution is 2.36. The number of aliphatic hydroxyl groups is 1. The molecule has 0 aliphatic carbocycles. The van der Waals surface area contributed by atoms with E-state index in [0.29, 0.717) is 11.5 Å². The third kappa shape index (κ3) is 2.67. The molecule has 0 saturated heterocycles. The number of aliphatic hydroxyl groups excluding tert-OH is 1. The smallest absolute Gasteiger partial charge is 0.161 e. The molecule has 0 radical (unpaired) electrons. The number of rotatable bonds is 3. The number of hydrogen-bond acceptors (Lipinski definition) is 3. The summed E-state index contributed by atoms with van der Waals surface area (Å²) in [7, 11) is 3.18. The lowest BCUT2D eigenvalue weighted by molar-refractivity contribution is 0.0624. The highest BCUT2D eigenvalue weighted by molar-refractivity contribution is 5.43. The maximum absolute atomic E-state index is 10.1. The number of benzene rings is 1. The van der Waals surface area contributed by atoms with Gasteiger partial charge >= 0.3 is 0 Å². The van der Waals surface area contributed by atoms with E-state index < -0.39 is 6.10 Å². The van der Waals surface area contributed by atoms with Crippen LogP contribution in [-0.2, 0) is 0 Å². The van der Waals surface area contributed by atoms with Crippen molar-refractivity contribution in [2.45, 2.75) is 26.9 Å². The second-order valence-corrected chi connectivity index (χ2v) is 4.88. The van der Waals surface area contributed by atoms with Crippen molar-refractivity contribution in [2.24, 2.45) is 5.41 Å². The fraction of sp³-hybridized carbons (Fsp3) is 0.538. The summed E-state index contributed by atoms with van der Waals surface area (Å²) in [4.78, 5) is 0. The predicted molar refractivity (Wildman–Crippen MR) is 64.0 cm³/mol. The Balaban J connectivity index is 3.08. The van der Waals surface area contributed by atoms with E-state index in [-0.39, 0.29) is 5.41 Å². The van der Waals surface area contributed by atoms with Crippen molar-refractivity contribution in [3.63, 3.8) is 0 Å². The van der Waals surface area contributed by atoms with Gasteiger partial charge in [0.2, 0.25) is 0 Å². The zero-order valence-corrected chi connectivity index (χ0v) is 10.6. The van der Waals surface area contributed by atoms with E-state index in [1.165, 1.54) is 0 Å². The van der Waals surface area contributed by atoms with Crippen LogP contribution in [0.3, 0.4) is 0 Å². The molecule has 1 aromatic rings. The van der Waals surface area contributed by atoms with Crippen molar-refractivity contribution in [3.8, 4) is 11.5 Å². The first kappa shape index (κ1) is 12.8. The van der Waals surface area contributed by atoms with Crippen molar-refractivity contribution in [2.75, 3.05) is 14.2 Å². The van der Waals surface area contributed by atoms with Gasteiger partial charge in [0, 0.05) is 0 Å². The second kappa shape index (κ2) is 4.74. The lowest BCUT2D eigenvalue weighted by atomic mass is 9.85. The molecule has 90 valence electrons. The van der Waals surface area contributed by atoms with Crippen molar-refractivity contribution >= 4 is 0 Å². The maximum Gasteiger partial charge on any atom is 0.161 e. The normalized spacial score (nSPS) is 13.4. The van der Waals surface area contributed by atoms with Crippen LogP contribution >= 0.6 is 0 Å². The van der Waals surface area contributed by atoms with Crippen LogP contribution in [0.2, 0.25) is 0 Å². The number of ether oxygens (including phenoxy) is 2. The van der Waals surface area contributed by atoms with E-state index in [1.807, 2.05) is 39.0 Å². The zero-order valence-electron chi connectivity index (χ0n) is 10.6. The molecule has 1 aromatic carbocycles. The highest BCUT2D eigenvalue weighted by Gasteiger charge is 2.24. The third-order valence-electron chi connectivity index (χ3n) is 2.54. The molecule has 0 saturated carbocycles. The monoisotopic (exact) mass is 224 g/mol.